The number of hydrogen-bond acceptors (Lipinski definition) is 6. The second kappa shape index (κ2) is 7.25. The van der Waals surface area contributed by atoms with Crippen LogP contribution in [0.3, 0.4) is 0 Å². The van der Waals surface area contributed by atoms with Crippen molar-refractivity contribution in [2.45, 2.75) is 31.4 Å². The second-order valence-electron chi connectivity index (χ2n) is 9.07. The van der Waals surface area contributed by atoms with Crippen molar-refractivity contribution in [3.8, 4) is 23.6 Å². The summed E-state index contributed by atoms with van der Waals surface area (Å²) in [6, 6.07) is 20.2. The highest BCUT2D eigenvalue weighted by atomic mass is 16.5. The van der Waals surface area contributed by atoms with Crippen molar-refractivity contribution >= 4 is 28.4 Å². The van der Waals surface area contributed by atoms with Gasteiger partial charge in [-0.05, 0) is 54.6 Å². The van der Waals surface area contributed by atoms with Gasteiger partial charge in [-0.15, -0.1) is 0 Å². The molecule has 5 rings (SSSR count). The van der Waals surface area contributed by atoms with Crippen LogP contribution in [0.5, 0.6) is 11.5 Å². The van der Waals surface area contributed by atoms with E-state index >= 15 is 0 Å². The number of likely N-dealkylation sites (N-methyl/N-ethyl adjacent to an activating group) is 1. The molecule has 0 saturated carbocycles. The molecule has 1 spiro atoms. The molecule has 0 saturated heterocycles. The third-order valence-corrected chi connectivity index (χ3v) is 7.05. The van der Waals surface area contributed by atoms with E-state index < -0.39 is 17.1 Å². The van der Waals surface area contributed by atoms with Crippen LogP contribution in [0.1, 0.15) is 25.0 Å². The molecule has 2 heterocycles. The van der Waals surface area contributed by atoms with Crippen molar-refractivity contribution in [3.05, 3.63) is 59.7 Å². The van der Waals surface area contributed by atoms with Crippen LogP contribution in [0.15, 0.2) is 53.5 Å². The minimum Gasteiger partial charge on any atom is -0.497 e. The first-order valence-electron chi connectivity index (χ1n) is 10.9. The maximum atomic E-state index is 9.44. The maximum Gasteiger partial charge on any atom is 0.228 e. The molecule has 3 aromatic carbocycles. The smallest absolute Gasteiger partial charge is 0.228 e. The van der Waals surface area contributed by atoms with Gasteiger partial charge in [0, 0.05) is 24.5 Å². The molecule has 2 aliphatic heterocycles. The molecule has 0 fully saturated rings. The number of aliphatic imine (C=N–C) groups is 1. The molecule has 2 aliphatic rings. The van der Waals surface area contributed by atoms with E-state index in [9.17, 15) is 10.5 Å². The molecule has 0 aromatic heterocycles. The monoisotopic (exact) mass is 436 g/mol. The molecule has 0 N–H and O–H groups in total. The van der Waals surface area contributed by atoms with Crippen LogP contribution >= 0.6 is 0 Å². The molecule has 0 aliphatic carbocycles. The predicted octanol–water partition coefficient (Wildman–Crippen LogP) is 5.27. The summed E-state index contributed by atoms with van der Waals surface area (Å²) in [7, 11) is 3.67. The van der Waals surface area contributed by atoms with E-state index in [2.05, 4.69) is 37.0 Å². The number of methoxy groups -OCH3 is 1. The summed E-state index contributed by atoms with van der Waals surface area (Å²) < 4.78 is 12.4. The standard InChI is InChI=1S/C27H24N4O2/c1-26(2)22-13-20(32-4)9-10-23(22)31(3)27(26)16-30-24-21-8-6-5-7-18(21)12-19(25(24)33-27)11-17(14-28)15-29/h5-10,12-13,16-17H,11H2,1-4H3. The zero-order valence-corrected chi connectivity index (χ0v) is 19.1. The summed E-state index contributed by atoms with van der Waals surface area (Å²) in [4.78, 5) is 7.07. The van der Waals surface area contributed by atoms with Crippen LogP contribution in [0, 0.1) is 28.6 Å². The highest BCUT2D eigenvalue weighted by molar-refractivity contribution is 6.00. The third kappa shape index (κ3) is 2.81. The van der Waals surface area contributed by atoms with Crippen LogP contribution in [0.2, 0.25) is 0 Å². The fraction of sp³-hybridized carbons (Fsp3) is 0.296. The Morgan fingerprint density at radius 3 is 2.61 bits per heavy atom. The summed E-state index contributed by atoms with van der Waals surface area (Å²) in [6.07, 6.45) is 2.17. The number of fused-ring (bicyclic) bond motifs is 4. The zero-order chi connectivity index (χ0) is 23.4. The predicted molar refractivity (Wildman–Crippen MR) is 128 cm³/mol. The lowest BCUT2D eigenvalue weighted by Crippen LogP contribution is -2.61. The van der Waals surface area contributed by atoms with Crippen molar-refractivity contribution in [2.75, 3.05) is 19.1 Å². The Balaban J connectivity index is 1.71. The second-order valence-corrected chi connectivity index (χ2v) is 9.07. The average molecular weight is 437 g/mol. The first-order valence-corrected chi connectivity index (χ1v) is 10.9. The zero-order valence-electron chi connectivity index (χ0n) is 19.1. The summed E-state index contributed by atoms with van der Waals surface area (Å²) >= 11 is 0. The Bertz CT molecular complexity index is 1380. The molecule has 3 aromatic rings. The van der Waals surface area contributed by atoms with Crippen LogP contribution in [0.4, 0.5) is 11.4 Å². The molecule has 33 heavy (non-hydrogen) atoms. The molecular formula is C27H24N4O2. The highest BCUT2D eigenvalue weighted by Gasteiger charge is 2.59. The van der Waals surface area contributed by atoms with Gasteiger partial charge in [0.25, 0.3) is 0 Å². The first kappa shape index (κ1) is 20.8. The molecule has 0 bridgehead atoms. The SMILES string of the molecule is COc1ccc2c(c1)C(C)(C)C1(C=Nc3c(c(CC(C#N)C#N)cc4ccccc34)O1)N2C. The Kier molecular flexibility index (Phi) is 4.58. The molecule has 6 nitrogen and oxygen atoms in total. The number of nitrogens with zero attached hydrogens (tertiary/aromatic N) is 4. The van der Waals surface area contributed by atoms with E-state index in [0.29, 0.717) is 5.75 Å². The van der Waals surface area contributed by atoms with Gasteiger partial charge in [0.1, 0.15) is 17.4 Å². The van der Waals surface area contributed by atoms with E-state index in [1.54, 1.807) is 7.11 Å². The van der Waals surface area contributed by atoms with Gasteiger partial charge in [0.15, 0.2) is 5.75 Å². The third-order valence-electron chi connectivity index (χ3n) is 7.05. The molecule has 1 unspecified atom stereocenters. The quantitative estimate of drug-likeness (QED) is 0.558. The highest BCUT2D eigenvalue weighted by Crippen LogP contribution is 2.55. The van der Waals surface area contributed by atoms with Gasteiger partial charge in [-0.1, -0.05) is 24.3 Å². The van der Waals surface area contributed by atoms with E-state index in [0.717, 1.165) is 39.0 Å². The number of nitriles is 2. The molecule has 164 valence electrons. The van der Waals surface area contributed by atoms with E-state index in [1.807, 2.05) is 55.7 Å². The van der Waals surface area contributed by atoms with Crippen LogP contribution < -0.4 is 14.4 Å². The fourth-order valence-corrected chi connectivity index (χ4v) is 5.10. The van der Waals surface area contributed by atoms with Gasteiger partial charge in [-0.25, -0.2) is 0 Å². The van der Waals surface area contributed by atoms with Crippen molar-refractivity contribution in [2.24, 2.45) is 10.9 Å². The minimum absolute atomic E-state index is 0.274. The lowest BCUT2D eigenvalue weighted by molar-refractivity contribution is 0.0814. The number of rotatable bonds is 3. The number of benzene rings is 3. The Labute approximate surface area is 193 Å². The Hall–Kier alpha value is -4.03. The van der Waals surface area contributed by atoms with Crippen molar-refractivity contribution < 1.29 is 9.47 Å². The van der Waals surface area contributed by atoms with E-state index in [-0.39, 0.29) is 6.42 Å². The molecule has 0 radical (unpaired) electrons. The minimum atomic E-state index is -0.874. The molecule has 1 atom stereocenters. The summed E-state index contributed by atoms with van der Waals surface area (Å²) in [5.74, 6) is 0.654. The van der Waals surface area contributed by atoms with Crippen LogP contribution in [0.25, 0.3) is 10.8 Å². The van der Waals surface area contributed by atoms with Gasteiger partial charge in [-0.2, -0.15) is 10.5 Å². The summed E-state index contributed by atoms with van der Waals surface area (Å²) in [5.41, 5.74) is 2.37. The normalized spacial score (nSPS) is 19.7. The van der Waals surface area contributed by atoms with Gasteiger partial charge >= 0.3 is 0 Å². The van der Waals surface area contributed by atoms with Crippen molar-refractivity contribution in [1.29, 1.82) is 10.5 Å². The van der Waals surface area contributed by atoms with Gasteiger partial charge in [0.05, 0.1) is 30.9 Å². The van der Waals surface area contributed by atoms with Gasteiger partial charge in [-0.3, -0.25) is 4.99 Å². The molecule has 0 amide bonds. The molecule has 6 heteroatoms. The lowest BCUT2D eigenvalue weighted by Gasteiger charge is -2.45. The fourth-order valence-electron chi connectivity index (χ4n) is 5.10. The topological polar surface area (TPSA) is 81.6 Å². The van der Waals surface area contributed by atoms with Crippen molar-refractivity contribution in [3.63, 3.8) is 0 Å². The average Bonchev–Trinajstić information content (AvgIpc) is 3.00. The Morgan fingerprint density at radius 2 is 1.88 bits per heavy atom. The van der Waals surface area contributed by atoms with E-state index in [4.69, 9.17) is 14.5 Å². The van der Waals surface area contributed by atoms with Gasteiger partial charge < -0.3 is 14.4 Å². The molecular weight excluding hydrogens is 412 g/mol. The van der Waals surface area contributed by atoms with Crippen LogP contribution in [-0.4, -0.2) is 26.1 Å². The maximum absolute atomic E-state index is 9.44. The van der Waals surface area contributed by atoms with Crippen molar-refractivity contribution in [1.82, 2.24) is 0 Å². The van der Waals surface area contributed by atoms with E-state index in [1.165, 1.54) is 0 Å². The number of ether oxygens (including phenoxy) is 2. The van der Waals surface area contributed by atoms with Gasteiger partial charge in [0.2, 0.25) is 5.72 Å². The van der Waals surface area contributed by atoms with Crippen LogP contribution in [-0.2, 0) is 11.8 Å². The largest absolute Gasteiger partial charge is 0.497 e. The number of anilines is 1. The summed E-state index contributed by atoms with van der Waals surface area (Å²) in [6.45, 7) is 4.28. The first-order chi connectivity index (χ1) is 15.9. The number of hydrogen-bond donors (Lipinski definition) is 0. The summed E-state index contributed by atoms with van der Waals surface area (Å²) in [5, 5.41) is 20.9. The Morgan fingerprint density at radius 1 is 1.12 bits per heavy atom. The lowest BCUT2D eigenvalue weighted by atomic mass is 9.77.